The average Bonchev–Trinajstić information content (AvgIpc) is 2.93. The molecule has 1 aliphatic heterocycles. The second-order valence-electron chi connectivity index (χ2n) is 11.8. The van der Waals surface area contributed by atoms with E-state index in [-0.39, 0.29) is 23.9 Å². The number of hydrogen-bond donors (Lipinski definition) is 2. The van der Waals surface area contributed by atoms with Crippen molar-refractivity contribution in [1.29, 1.82) is 0 Å². The van der Waals surface area contributed by atoms with Crippen LogP contribution < -0.4 is 15.8 Å². The van der Waals surface area contributed by atoms with Gasteiger partial charge in [-0.3, -0.25) is 14.5 Å². The van der Waals surface area contributed by atoms with Gasteiger partial charge < -0.3 is 15.2 Å². The number of carbonyl (C=O) groups is 1. The molecule has 9 heteroatoms. The summed E-state index contributed by atoms with van der Waals surface area (Å²) in [6, 6.07) is 6.15. The first kappa shape index (κ1) is 31.7. The third-order valence-corrected chi connectivity index (χ3v) is 8.62. The van der Waals surface area contributed by atoms with Gasteiger partial charge in [0, 0.05) is 53.1 Å². The Hall–Kier alpha value is -3.25. The van der Waals surface area contributed by atoms with Gasteiger partial charge in [0.25, 0.3) is 11.5 Å². The van der Waals surface area contributed by atoms with E-state index in [1.807, 2.05) is 26.8 Å². The summed E-state index contributed by atoms with van der Waals surface area (Å²) >= 11 is 0. The Kier molecular flexibility index (Phi) is 10.4. The van der Waals surface area contributed by atoms with Gasteiger partial charge in [0.2, 0.25) is 0 Å². The summed E-state index contributed by atoms with van der Waals surface area (Å²) in [5.74, 6) is 6.30. The topological polar surface area (TPSA) is 68.4 Å². The number of aromatic nitrogens is 1. The Balaban J connectivity index is 1.60. The van der Waals surface area contributed by atoms with Crippen LogP contribution in [0.5, 0.6) is 0 Å². The van der Waals surface area contributed by atoms with Crippen molar-refractivity contribution in [2.75, 3.05) is 31.1 Å². The van der Waals surface area contributed by atoms with Crippen LogP contribution >= 0.6 is 0 Å². The van der Waals surface area contributed by atoms with Gasteiger partial charge in [-0.2, -0.15) is 13.2 Å². The number of carbonyl (C=O) groups excluding carboxylic acids is 1. The van der Waals surface area contributed by atoms with Crippen LogP contribution in [-0.4, -0.2) is 54.2 Å². The molecular weight excluding hydrogens is 541 g/mol. The van der Waals surface area contributed by atoms with Gasteiger partial charge >= 0.3 is 6.18 Å². The normalized spacial score (nSPS) is 17.0. The van der Waals surface area contributed by atoms with Gasteiger partial charge in [-0.25, -0.2) is 0 Å². The van der Waals surface area contributed by atoms with Crippen molar-refractivity contribution in [3.63, 3.8) is 0 Å². The second kappa shape index (κ2) is 13.8. The van der Waals surface area contributed by atoms with Crippen LogP contribution in [0.1, 0.15) is 90.2 Å². The molecule has 2 aliphatic rings. The van der Waals surface area contributed by atoms with Crippen LogP contribution in [0.15, 0.2) is 23.0 Å². The molecule has 1 amide bonds. The third-order valence-electron chi connectivity index (χ3n) is 8.62. The molecule has 2 heterocycles. The number of anilines is 1. The number of likely N-dealkylation sites (tertiary alicyclic amines) is 1. The minimum Gasteiger partial charge on any atom is -0.369 e. The van der Waals surface area contributed by atoms with Crippen molar-refractivity contribution in [2.45, 2.75) is 91.4 Å². The number of alkyl halides is 3. The van der Waals surface area contributed by atoms with E-state index in [4.69, 9.17) is 0 Å². The number of hydrogen-bond acceptors (Lipinski definition) is 4. The van der Waals surface area contributed by atoms with E-state index in [1.165, 1.54) is 24.2 Å². The lowest BCUT2D eigenvalue weighted by molar-refractivity contribution is -0.148. The Bertz CT molecular complexity index is 1370. The maximum absolute atomic E-state index is 13.6. The van der Waals surface area contributed by atoms with Gasteiger partial charge in [0.1, 0.15) is 0 Å². The Morgan fingerprint density at radius 2 is 1.76 bits per heavy atom. The highest BCUT2D eigenvalue weighted by molar-refractivity contribution is 5.97. The fourth-order valence-corrected chi connectivity index (χ4v) is 6.36. The van der Waals surface area contributed by atoms with Gasteiger partial charge in [-0.15, -0.1) is 0 Å². The molecular formula is C33H43F3N4O2. The largest absolute Gasteiger partial charge is 0.401 e. The van der Waals surface area contributed by atoms with E-state index in [2.05, 4.69) is 40.0 Å². The lowest BCUT2D eigenvalue weighted by Crippen LogP contribution is -2.39. The van der Waals surface area contributed by atoms with Crippen LogP contribution in [0.4, 0.5) is 18.9 Å². The van der Waals surface area contributed by atoms with Crippen molar-refractivity contribution in [3.05, 3.63) is 62.1 Å². The number of nitrogens with one attached hydrogen (secondary N) is 2. The van der Waals surface area contributed by atoms with E-state index in [1.54, 1.807) is 6.07 Å². The van der Waals surface area contributed by atoms with Crippen molar-refractivity contribution in [3.8, 4) is 11.8 Å². The smallest absolute Gasteiger partial charge is 0.369 e. The van der Waals surface area contributed by atoms with Crippen molar-refractivity contribution >= 4 is 11.6 Å². The number of rotatable bonds is 7. The molecule has 1 aromatic carbocycles. The summed E-state index contributed by atoms with van der Waals surface area (Å²) in [6.45, 7) is 8.56. The predicted molar refractivity (Wildman–Crippen MR) is 161 cm³/mol. The minimum atomic E-state index is -4.19. The van der Waals surface area contributed by atoms with Crippen molar-refractivity contribution in [1.82, 2.24) is 15.2 Å². The third kappa shape index (κ3) is 8.19. The Morgan fingerprint density at radius 3 is 2.38 bits per heavy atom. The number of nitrogens with zero attached hydrogens (tertiary/aromatic N) is 2. The predicted octanol–water partition coefficient (Wildman–Crippen LogP) is 6.01. The molecule has 228 valence electrons. The maximum Gasteiger partial charge on any atom is 0.401 e. The average molecular weight is 585 g/mol. The fourth-order valence-electron chi connectivity index (χ4n) is 6.36. The van der Waals surface area contributed by atoms with Crippen LogP contribution in [0, 0.1) is 38.5 Å². The number of benzene rings is 1. The number of aryl methyl sites for hydroxylation is 2. The number of aromatic amines is 1. The lowest BCUT2D eigenvalue weighted by atomic mass is 9.92. The molecule has 2 fully saturated rings. The van der Waals surface area contributed by atoms with E-state index in [0.29, 0.717) is 43.1 Å². The number of H-pyrrole nitrogens is 1. The van der Waals surface area contributed by atoms with Crippen LogP contribution in [0.3, 0.4) is 0 Å². The molecule has 4 rings (SSSR count). The Labute approximate surface area is 247 Å². The minimum absolute atomic E-state index is 0.00775. The van der Waals surface area contributed by atoms with Gasteiger partial charge in [0.15, 0.2) is 0 Å². The SMILES string of the molecule is CCN(c1cc(C#CC2CCN(CC(F)(F)F)CC2)cc(C(=O)NCc2c(C)cc(C)[nH]c2=O)c1C)C1CCCCC1. The highest BCUT2D eigenvalue weighted by Gasteiger charge is 2.32. The van der Waals surface area contributed by atoms with Crippen LogP contribution in [0.2, 0.25) is 0 Å². The monoisotopic (exact) mass is 584 g/mol. The molecule has 1 aromatic heterocycles. The second-order valence-corrected chi connectivity index (χ2v) is 11.8. The number of piperidine rings is 1. The Morgan fingerprint density at radius 1 is 1.07 bits per heavy atom. The zero-order valence-electron chi connectivity index (χ0n) is 25.2. The standard InChI is InChI=1S/C33H43F3N4O2/c1-5-40(27-9-7-6-8-10-27)30-19-26(12-11-25-13-15-39(16-14-25)21-33(34,35)36)18-28(24(30)4)31(41)37-20-29-22(2)17-23(3)38-32(29)42/h17-19,25,27H,5-10,13-16,20-21H2,1-4H3,(H,37,41)(H,38,42). The molecule has 1 aliphatic carbocycles. The summed E-state index contributed by atoms with van der Waals surface area (Å²) in [5.41, 5.74) is 5.02. The first-order valence-electron chi connectivity index (χ1n) is 15.1. The molecule has 0 spiro atoms. The molecule has 0 atom stereocenters. The number of halogens is 3. The first-order valence-corrected chi connectivity index (χ1v) is 15.1. The maximum atomic E-state index is 13.6. The summed E-state index contributed by atoms with van der Waals surface area (Å²) in [7, 11) is 0. The van der Waals surface area contributed by atoms with E-state index >= 15 is 0 Å². The van der Waals surface area contributed by atoms with Crippen molar-refractivity contribution < 1.29 is 18.0 Å². The molecule has 42 heavy (non-hydrogen) atoms. The zero-order valence-corrected chi connectivity index (χ0v) is 25.2. The van der Waals surface area contributed by atoms with E-state index in [9.17, 15) is 22.8 Å². The lowest BCUT2D eigenvalue weighted by Gasteiger charge is -2.37. The van der Waals surface area contributed by atoms with Crippen LogP contribution in [-0.2, 0) is 6.54 Å². The van der Waals surface area contributed by atoms with Gasteiger partial charge in [0.05, 0.1) is 6.54 Å². The molecule has 2 aromatic rings. The number of amides is 1. The van der Waals surface area contributed by atoms with Crippen molar-refractivity contribution in [2.24, 2.45) is 5.92 Å². The van der Waals surface area contributed by atoms with E-state index < -0.39 is 12.7 Å². The van der Waals surface area contributed by atoms with E-state index in [0.717, 1.165) is 47.5 Å². The summed E-state index contributed by atoms with van der Waals surface area (Å²) in [6.07, 6.45) is 2.81. The molecule has 1 saturated heterocycles. The molecule has 0 unspecified atom stereocenters. The molecule has 2 N–H and O–H groups in total. The summed E-state index contributed by atoms with van der Waals surface area (Å²) in [4.78, 5) is 32.7. The molecule has 0 radical (unpaired) electrons. The molecule has 1 saturated carbocycles. The highest BCUT2D eigenvalue weighted by atomic mass is 19.4. The van der Waals surface area contributed by atoms with Gasteiger partial charge in [-0.05, 0) is 95.8 Å². The number of pyridine rings is 1. The highest BCUT2D eigenvalue weighted by Crippen LogP contribution is 2.32. The summed E-state index contributed by atoms with van der Waals surface area (Å²) in [5, 5.41) is 2.95. The van der Waals surface area contributed by atoms with Gasteiger partial charge in [-0.1, -0.05) is 31.1 Å². The summed E-state index contributed by atoms with van der Waals surface area (Å²) < 4.78 is 38.4. The molecule has 6 nitrogen and oxygen atoms in total. The zero-order chi connectivity index (χ0) is 30.4. The molecule has 0 bridgehead atoms. The van der Waals surface area contributed by atoms with Crippen LogP contribution in [0.25, 0.3) is 0 Å². The quantitative estimate of drug-likeness (QED) is 0.391. The first-order chi connectivity index (χ1) is 19.9. The fraction of sp³-hybridized carbons (Fsp3) is 0.576.